The van der Waals surface area contributed by atoms with Crippen molar-refractivity contribution in [2.45, 2.75) is 45.6 Å². The van der Waals surface area contributed by atoms with Crippen molar-refractivity contribution in [2.24, 2.45) is 0 Å². The van der Waals surface area contributed by atoms with E-state index in [1.54, 1.807) is 12.1 Å². The third-order valence-electron chi connectivity index (χ3n) is 4.91. The van der Waals surface area contributed by atoms with Gasteiger partial charge in [-0.2, -0.15) is 0 Å². The first kappa shape index (κ1) is 26.9. The molecule has 0 saturated heterocycles. The second-order valence-electron chi connectivity index (χ2n) is 7.90. The van der Waals surface area contributed by atoms with Gasteiger partial charge >= 0.3 is 6.09 Å². The van der Waals surface area contributed by atoms with Crippen LogP contribution in [0.2, 0.25) is 0 Å². The highest BCUT2D eigenvalue weighted by molar-refractivity contribution is 7.57. The summed E-state index contributed by atoms with van der Waals surface area (Å²) in [5.41, 5.74) is 2.25. The van der Waals surface area contributed by atoms with Gasteiger partial charge in [0.25, 0.3) is 0 Å². The Morgan fingerprint density at radius 2 is 1.70 bits per heavy atom. The van der Waals surface area contributed by atoms with E-state index >= 15 is 0 Å². The molecule has 0 spiro atoms. The molecule has 2 N–H and O–H groups in total. The van der Waals surface area contributed by atoms with Crippen molar-refractivity contribution in [1.82, 2.24) is 5.32 Å². The maximum Gasteiger partial charge on any atom is 0.407 e. The topological polar surface area (TPSA) is 94.1 Å². The molecule has 0 heterocycles. The zero-order valence-electron chi connectivity index (χ0n) is 19.4. The lowest BCUT2D eigenvalue weighted by atomic mass is 10.1. The van der Waals surface area contributed by atoms with Gasteiger partial charge in [-0.1, -0.05) is 55.8 Å². The Kier molecular flexibility index (Phi) is 12.6. The van der Waals surface area contributed by atoms with E-state index in [-0.39, 0.29) is 18.6 Å². The minimum atomic E-state index is -3.34. The maximum atomic E-state index is 12.2. The summed E-state index contributed by atoms with van der Waals surface area (Å²) in [5, 5.41) is 2.76. The predicted molar refractivity (Wildman–Crippen MR) is 130 cm³/mol. The largest absolute Gasteiger partial charge is 0.484 e. The minimum absolute atomic E-state index is 0.166. The average Bonchev–Trinajstić information content (AvgIpc) is 2.82. The second kappa shape index (κ2) is 15.5. The number of aryl methyl sites for hydroxylation is 1. The van der Waals surface area contributed by atoms with Crippen LogP contribution in [0.25, 0.3) is 0 Å². The van der Waals surface area contributed by atoms with Crippen LogP contribution in [0.3, 0.4) is 0 Å². The number of nitrogens with one attached hydrogen (secondary N) is 1. The van der Waals surface area contributed by atoms with E-state index in [0.29, 0.717) is 38.5 Å². The van der Waals surface area contributed by atoms with E-state index in [4.69, 9.17) is 14.2 Å². The zero-order valence-corrected chi connectivity index (χ0v) is 20.3. The molecule has 2 aromatic carbocycles. The van der Waals surface area contributed by atoms with E-state index in [0.717, 1.165) is 31.2 Å². The van der Waals surface area contributed by atoms with Crippen LogP contribution in [0.4, 0.5) is 4.79 Å². The van der Waals surface area contributed by atoms with Crippen LogP contribution in [0.5, 0.6) is 5.75 Å². The molecular formula is C25H36NO6P. The number of carbonyl (C=O) groups excluding carboxylic acids is 1. The highest BCUT2D eigenvalue weighted by Crippen LogP contribution is 2.41. The second-order valence-corrected chi connectivity index (χ2v) is 10.3. The fraction of sp³-hybridized carbons (Fsp3) is 0.480. The van der Waals surface area contributed by atoms with E-state index in [2.05, 4.69) is 24.4 Å². The van der Waals surface area contributed by atoms with Crippen molar-refractivity contribution in [3.8, 4) is 5.75 Å². The number of alkyl carbamates (subject to hydrolysis) is 1. The van der Waals surface area contributed by atoms with Gasteiger partial charge in [-0.05, 0) is 48.9 Å². The third-order valence-corrected chi connectivity index (χ3v) is 6.45. The van der Waals surface area contributed by atoms with Gasteiger partial charge in [-0.15, -0.1) is 0 Å². The van der Waals surface area contributed by atoms with Crippen LogP contribution in [0, 0.1) is 0 Å². The highest BCUT2D eigenvalue weighted by Gasteiger charge is 2.18. The van der Waals surface area contributed by atoms with Crippen LogP contribution in [-0.4, -0.2) is 43.3 Å². The van der Waals surface area contributed by atoms with E-state index in [1.807, 2.05) is 30.3 Å². The monoisotopic (exact) mass is 477 g/mol. The average molecular weight is 478 g/mol. The number of unbranched alkanes of at least 4 members (excludes halogenated alkanes) is 1. The standard InChI is InChI=1S/C25H36NO6P/c1-2-3-18-31-25(27)26-16-7-9-22-12-14-23(15-13-22)20-30-17-8-19-33(28,29)21-32-24-10-5-4-6-11-24/h4-6,10-15H,2-3,7-9,16-21H2,1H3,(H,26,27)(H,28,29). The number of para-hydroxylation sites is 1. The molecule has 1 atom stereocenters. The first-order valence-corrected chi connectivity index (χ1v) is 13.6. The predicted octanol–water partition coefficient (Wildman–Crippen LogP) is 5.36. The Bertz CT molecular complexity index is 844. The quantitative estimate of drug-likeness (QED) is 0.250. The summed E-state index contributed by atoms with van der Waals surface area (Å²) in [6.07, 6.45) is 3.72. The molecule has 0 radical (unpaired) electrons. The molecule has 0 aliphatic heterocycles. The van der Waals surface area contributed by atoms with Gasteiger partial charge < -0.3 is 24.4 Å². The van der Waals surface area contributed by atoms with E-state index in [1.165, 1.54) is 5.56 Å². The van der Waals surface area contributed by atoms with Crippen molar-refractivity contribution < 1.29 is 28.5 Å². The number of rotatable bonds is 16. The Balaban J connectivity index is 1.54. The lowest BCUT2D eigenvalue weighted by Crippen LogP contribution is -2.25. The molecule has 2 aromatic rings. The molecule has 0 saturated carbocycles. The Morgan fingerprint density at radius 1 is 0.970 bits per heavy atom. The van der Waals surface area contributed by atoms with Crippen molar-refractivity contribution in [2.75, 3.05) is 32.3 Å². The van der Waals surface area contributed by atoms with Crippen LogP contribution < -0.4 is 10.1 Å². The Labute approximate surface area is 196 Å². The number of amides is 1. The molecule has 0 aliphatic rings. The summed E-state index contributed by atoms with van der Waals surface area (Å²) < 4.78 is 28.3. The number of hydrogen-bond acceptors (Lipinski definition) is 5. The van der Waals surface area contributed by atoms with Gasteiger partial charge in [0.05, 0.1) is 13.2 Å². The lowest BCUT2D eigenvalue weighted by molar-refractivity contribution is 0.121. The summed E-state index contributed by atoms with van der Waals surface area (Å²) in [4.78, 5) is 21.5. The van der Waals surface area contributed by atoms with Gasteiger partial charge in [0, 0.05) is 19.3 Å². The minimum Gasteiger partial charge on any atom is -0.484 e. The molecule has 0 aromatic heterocycles. The van der Waals surface area contributed by atoms with Crippen LogP contribution in [-0.2, 0) is 27.1 Å². The van der Waals surface area contributed by atoms with Crippen LogP contribution in [0.15, 0.2) is 54.6 Å². The molecule has 7 nitrogen and oxygen atoms in total. The number of benzene rings is 2. The Hall–Kier alpha value is -2.34. The summed E-state index contributed by atoms with van der Waals surface area (Å²) in [6.45, 7) is 3.98. The van der Waals surface area contributed by atoms with Crippen molar-refractivity contribution >= 4 is 13.5 Å². The fourth-order valence-electron chi connectivity index (χ4n) is 3.01. The molecule has 0 fully saturated rings. The third kappa shape index (κ3) is 12.5. The smallest absolute Gasteiger partial charge is 0.407 e. The molecule has 0 unspecified atom stereocenters. The molecular weight excluding hydrogens is 441 g/mol. The molecule has 1 amide bonds. The number of carbonyl (C=O) groups is 1. The highest BCUT2D eigenvalue weighted by atomic mass is 31.2. The van der Waals surface area contributed by atoms with E-state index < -0.39 is 7.37 Å². The van der Waals surface area contributed by atoms with Gasteiger partial charge in [-0.25, -0.2) is 4.79 Å². The van der Waals surface area contributed by atoms with Gasteiger partial charge in [0.15, 0.2) is 6.35 Å². The van der Waals surface area contributed by atoms with Crippen molar-refractivity contribution in [3.05, 3.63) is 65.7 Å². The van der Waals surface area contributed by atoms with Crippen molar-refractivity contribution in [1.29, 1.82) is 0 Å². The van der Waals surface area contributed by atoms with Crippen LogP contribution in [0.1, 0.15) is 43.7 Å². The van der Waals surface area contributed by atoms with E-state index in [9.17, 15) is 14.3 Å². The van der Waals surface area contributed by atoms with Gasteiger partial charge in [0.2, 0.25) is 7.37 Å². The zero-order chi connectivity index (χ0) is 23.8. The molecule has 8 heteroatoms. The molecule has 0 bridgehead atoms. The molecule has 0 aliphatic carbocycles. The fourth-order valence-corrected chi connectivity index (χ4v) is 4.11. The first-order valence-electron chi connectivity index (χ1n) is 11.5. The maximum absolute atomic E-state index is 12.2. The number of hydrogen-bond donors (Lipinski definition) is 2. The summed E-state index contributed by atoms with van der Waals surface area (Å²) in [5.74, 6) is 0.590. The Morgan fingerprint density at radius 3 is 2.42 bits per heavy atom. The van der Waals surface area contributed by atoms with Crippen molar-refractivity contribution in [3.63, 3.8) is 0 Å². The lowest BCUT2D eigenvalue weighted by Gasteiger charge is -2.13. The van der Waals surface area contributed by atoms with Gasteiger partial charge in [-0.3, -0.25) is 4.57 Å². The summed E-state index contributed by atoms with van der Waals surface area (Å²) >= 11 is 0. The number of ether oxygens (including phenoxy) is 3. The summed E-state index contributed by atoms with van der Waals surface area (Å²) in [6, 6.07) is 17.2. The SMILES string of the molecule is CCCCOC(=O)NCCCc1ccc(COCCC[P@@](=O)(O)COc2ccccc2)cc1. The molecule has 33 heavy (non-hydrogen) atoms. The normalized spacial score (nSPS) is 12.7. The molecule has 182 valence electrons. The first-order chi connectivity index (χ1) is 16.0. The molecule has 2 rings (SSSR count). The van der Waals surface area contributed by atoms with Crippen LogP contribution >= 0.6 is 7.37 Å². The van der Waals surface area contributed by atoms with Gasteiger partial charge in [0.1, 0.15) is 5.75 Å². The summed E-state index contributed by atoms with van der Waals surface area (Å²) in [7, 11) is -3.34.